The number of allylic oxidation sites excluding steroid dienone is 1. The fourth-order valence-electron chi connectivity index (χ4n) is 10.5. The van der Waals surface area contributed by atoms with Crippen LogP contribution in [0.25, 0.3) is 10.8 Å². The molecule has 358 valence electrons. The average Bonchev–Trinajstić information content (AvgIpc) is 3.37. The van der Waals surface area contributed by atoms with Crippen molar-refractivity contribution in [3.05, 3.63) is 162 Å². The zero-order valence-electron chi connectivity index (χ0n) is 39.3. The lowest BCUT2D eigenvalue weighted by atomic mass is 9.55. The first kappa shape index (κ1) is 48.5. The molecule has 0 saturated heterocycles. The number of nitrogens with zero attached hydrogens (tertiary/aromatic N) is 2. The molecule has 1 aliphatic heterocycles. The molecule has 3 aliphatic rings. The highest BCUT2D eigenvalue weighted by atomic mass is 16.7. The van der Waals surface area contributed by atoms with E-state index in [0.717, 1.165) is 70.2 Å². The summed E-state index contributed by atoms with van der Waals surface area (Å²) in [6, 6.07) is 39.5. The quantitative estimate of drug-likeness (QED) is 0.0353. The van der Waals surface area contributed by atoms with Gasteiger partial charge in [0.25, 0.3) is 0 Å². The molecule has 11 nitrogen and oxygen atoms in total. The van der Waals surface area contributed by atoms with Crippen molar-refractivity contribution in [2.75, 3.05) is 39.6 Å². The van der Waals surface area contributed by atoms with E-state index in [-0.39, 0.29) is 63.8 Å². The molecule has 5 aromatic rings. The van der Waals surface area contributed by atoms with Gasteiger partial charge in [0.1, 0.15) is 36.5 Å². The zero-order chi connectivity index (χ0) is 47.1. The Kier molecular flexibility index (Phi) is 17.0. The molecular formula is C57H66N2O9. The fourth-order valence-corrected chi connectivity index (χ4v) is 10.5. The van der Waals surface area contributed by atoms with Crippen molar-refractivity contribution >= 4 is 22.6 Å². The van der Waals surface area contributed by atoms with Crippen LogP contribution in [0.1, 0.15) is 80.9 Å². The summed E-state index contributed by atoms with van der Waals surface area (Å²) >= 11 is 0. The van der Waals surface area contributed by atoms with Crippen LogP contribution in [0, 0.1) is 17.8 Å². The zero-order valence-corrected chi connectivity index (χ0v) is 39.3. The molecule has 1 saturated carbocycles. The first-order chi connectivity index (χ1) is 33.5. The molecule has 1 amide bonds. The molecule has 8 rings (SSSR count). The van der Waals surface area contributed by atoms with E-state index in [1.54, 1.807) is 11.0 Å². The van der Waals surface area contributed by atoms with Gasteiger partial charge in [0.2, 0.25) is 5.79 Å². The number of aliphatic hydroxyl groups is 2. The van der Waals surface area contributed by atoms with Crippen LogP contribution in [-0.4, -0.2) is 78.3 Å². The number of unbranched alkanes of at least 4 members (excludes halogenated alkanes) is 2. The number of oxime groups is 1. The number of rotatable bonds is 24. The number of fused-ring (bicyclic) bond motifs is 3. The van der Waals surface area contributed by atoms with Crippen molar-refractivity contribution in [1.82, 2.24) is 4.90 Å². The van der Waals surface area contributed by atoms with Crippen molar-refractivity contribution in [3.63, 3.8) is 0 Å². The number of benzene rings is 5. The Morgan fingerprint density at radius 3 is 2.25 bits per heavy atom. The number of ether oxygens (including phenoxy) is 5. The normalized spacial score (nSPS) is 22.1. The molecule has 1 fully saturated rings. The fraction of sp³-hybridized carbons (Fsp3) is 0.404. The standard InChI is InChI=1S/C57H66N2O9/c1-3-29-59(56(62)64-34-33-63-39-41-17-7-5-8-18-41)53-38-51(58-66-40-42-19-9-6-10-20-42)49-36-45(23-13-15-30-60)48(24-14-16-31-61)54-50-37-47(67-46-26-25-43-21-11-12-22-44(43)35-46)27-28-52(50)68-57(53,55(49)54)65-32-4-2/h4-12,17-22,25-28,35-37,45,48,53-55,60-61H,2-3,13-16,23-24,29-34,38-40H2,1H3. The predicted molar refractivity (Wildman–Crippen MR) is 265 cm³/mol. The van der Waals surface area contributed by atoms with Crippen LogP contribution in [0.3, 0.4) is 0 Å². The maximum Gasteiger partial charge on any atom is 0.410 e. The van der Waals surface area contributed by atoms with E-state index in [9.17, 15) is 15.0 Å². The summed E-state index contributed by atoms with van der Waals surface area (Å²) in [6.45, 7) is 7.78. The average molecular weight is 923 g/mol. The molecule has 5 aromatic carbocycles. The first-order valence-electron chi connectivity index (χ1n) is 24.4. The largest absolute Gasteiger partial charge is 0.459 e. The summed E-state index contributed by atoms with van der Waals surface area (Å²) in [5.74, 6) is 0.0614. The minimum absolute atomic E-state index is 0.0536. The Bertz CT molecular complexity index is 2480. The lowest BCUT2D eigenvalue weighted by Crippen LogP contribution is -2.70. The highest BCUT2D eigenvalue weighted by Crippen LogP contribution is 2.62. The van der Waals surface area contributed by atoms with Gasteiger partial charge in [-0.1, -0.05) is 128 Å². The predicted octanol–water partition coefficient (Wildman–Crippen LogP) is 11.5. The van der Waals surface area contributed by atoms with Gasteiger partial charge in [-0.25, -0.2) is 4.79 Å². The molecule has 6 unspecified atom stereocenters. The van der Waals surface area contributed by atoms with Crippen molar-refractivity contribution in [2.24, 2.45) is 22.9 Å². The monoisotopic (exact) mass is 922 g/mol. The van der Waals surface area contributed by atoms with E-state index >= 15 is 0 Å². The smallest absolute Gasteiger partial charge is 0.410 e. The summed E-state index contributed by atoms with van der Waals surface area (Å²) in [5, 5.41) is 27.2. The number of hydrogen-bond donors (Lipinski definition) is 2. The third-order valence-electron chi connectivity index (χ3n) is 13.5. The number of hydrogen-bond acceptors (Lipinski definition) is 10. The molecule has 2 N–H and O–H groups in total. The van der Waals surface area contributed by atoms with Gasteiger partial charge in [-0.2, -0.15) is 0 Å². The van der Waals surface area contributed by atoms with Gasteiger partial charge in [0.05, 0.1) is 31.5 Å². The summed E-state index contributed by atoms with van der Waals surface area (Å²) in [7, 11) is 0. The molecule has 11 heteroatoms. The van der Waals surface area contributed by atoms with E-state index in [1.807, 2.05) is 97.9 Å². The van der Waals surface area contributed by atoms with Gasteiger partial charge in [0.15, 0.2) is 0 Å². The van der Waals surface area contributed by atoms with E-state index in [1.165, 1.54) is 0 Å². The van der Waals surface area contributed by atoms with Crippen LogP contribution in [0.4, 0.5) is 4.79 Å². The van der Waals surface area contributed by atoms with Gasteiger partial charge in [-0.15, -0.1) is 6.58 Å². The second-order valence-electron chi connectivity index (χ2n) is 18.0. The van der Waals surface area contributed by atoms with Crippen LogP contribution >= 0.6 is 0 Å². The molecule has 6 atom stereocenters. The van der Waals surface area contributed by atoms with E-state index in [4.69, 9.17) is 33.7 Å². The maximum atomic E-state index is 14.7. The Labute approximate surface area is 401 Å². The molecule has 0 radical (unpaired) electrons. The van der Waals surface area contributed by atoms with Gasteiger partial charge in [0, 0.05) is 37.7 Å². The third-order valence-corrected chi connectivity index (χ3v) is 13.5. The number of carbonyl (C=O) groups is 1. The minimum atomic E-state index is -1.42. The van der Waals surface area contributed by atoms with Crippen molar-refractivity contribution in [2.45, 2.75) is 89.3 Å². The molecule has 0 bridgehead atoms. The summed E-state index contributed by atoms with van der Waals surface area (Å²) < 4.78 is 33.2. The summed E-state index contributed by atoms with van der Waals surface area (Å²) in [4.78, 5) is 22.7. The third kappa shape index (κ3) is 11.3. The van der Waals surface area contributed by atoms with Gasteiger partial charge < -0.3 is 38.7 Å². The van der Waals surface area contributed by atoms with Gasteiger partial charge in [-0.3, -0.25) is 4.90 Å². The van der Waals surface area contributed by atoms with Crippen molar-refractivity contribution in [1.29, 1.82) is 0 Å². The van der Waals surface area contributed by atoms with Crippen LogP contribution < -0.4 is 9.47 Å². The molecule has 1 heterocycles. The second-order valence-corrected chi connectivity index (χ2v) is 18.0. The molecular weight excluding hydrogens is 857 g/mol. The molecule has 0 aromatic heterocycles. The second kappa shape index (κ2) is 23.8. The maximum absolute atomic E-state index is 14.7. The molecule has 0 spiro atoms. The van der Waals surface area contributed by atoms with Crippen LogP contribution in [0.5, 0.6) is 17.2 Å². The Morgan fingerprint density at radius 1 is 0.824 bits per heavy atom. The highest BCUT2D eigenvalue weighted by Gasteiger charge is 2.65. The SMILES string of the molecule is C=CCOC12Oc3ccc(Oc4ccc5ccccc5c4)cc3C3C(CCCCO)C(CCCCO)C=C(C(=NOCc4ccccc4)CC1N(CCC)C(=O)OCCOCc1ccccc1)C32. The Hall–Kier alpha value is -5.98. The summed E-state index contributed by atoms with van der Waals surface area (Å²) in [5.41, 5.74) is 4.67. The molecule has 68 heavy (non-hydrogen) atoms. The lowest BCUT2D eigenvalue weighted by Gasteiger charge is -2.59. The Balaban J connectivity index is 1.24. The van der Waals surface area contributed by atoms with Crippen LogP contribution in [0.15, 0.2) is 151 Å². The molecule has 2 aliphatic carbocycles. The lowest BCUT2D eigenvalue weighted by molar-refractivity contribution is -0.255. The van der Waals surface area contributed by atoms with Crippen LogP contribution in [0.2, 0.25) is 0 Å². The topological polar surface area (TPSA) is 129 Å². The van der Waals surface area contributed by atoms with E-state index < -0.39 is 23.8 Å². The first-order valence-corrected chi connectivity index (χ1v) is 24.4. The van der Waals surface area contributed by atoms with Crippen molar-refractivity contribution in [3.8, 4) is 17.2 Å². The van der Waals surface area contributed by atoms with E-state index in [0.29, 0.717) is 43.9 Å². The van der Waals surface area contributed by atoms with Gasteiger partial charge in [-0.05, 0) is 102 Å². The Morgan fingerprint density at radius 2 is 1.51 bits per heavy atom. The number of amides is 1. The van der Waals surface area contributed by atoms with E-state index in [2.05, 4.69) is 43.0 Å². The number of carbonyl (C=O) groups excluding carboxylic acids is 1. The number of aliphatic hydroxyl groups excluding tert-OH is 2. The van der Waals surface area contributed by atoms with Crippen LogP contribution in [-0.2, 0) is 32.3 Å². The highest BCUT2D eigenvalue weighted by molar-refractivity contribution is 6.03. The van der Waals surface area contributed by atoms with Gasteiger partial charge >= 0.3 is 6.09 Å². The minimum Gasteiger partial charge on any atom is -0.459 e. The summed E-state index contributed by atoms with van der Waals surface area (Å²) in [6.07, 6.45) is 9.11. The van der Waals surface area contributed by atoms with Crippen molar-refractivity contribution < 1.29 is 43.5 Å².